The largest absolute Gasteiger partial charge is 0.459 e. The number of carbonyl (C=O) groups excluding carboxylic acids is 4. The third kappa shape index (κ3) is 15.7. The first-order valence-electron chi connectivity index (χ1n) is 30.0. The van der Waals surface area contributed by atoms with Gasteiger partial charge in [-0.05, 0) is 108 Å². The Hall–Kier alpha value is -2.36. The Bertz CT molecular complexity index is 1940. The molecule has 28 atom stereocenters. The zero-order valence-corrected chi connectivity index (χ0v) is 52.9. The number of nitrogens with zero attached hydrogens (tertiary/aromatic N) is 2. The van der Waals surface area contributed by atoms with Gasteiger partial charge in [0.15, 0.2) is 12.6 Å². The number of cyclic esters (lactones) is 2. The molecular weight excluding hydrogens is 1070 g/mol. The quantitative estimate of drug-likeness (QED) is 0.123. The van der Waals surface area contributed by atoms with Crippen molar-refractivity contribution in [1.29, 1.82) is 0 Å². The molecule has 0 aromatic carbocycles. The molecule has 22 nitrogen and oxygen atoms in total. The number of hydrogen-bond donors (Lipinski definition) is 8. The number of carbonyl (C=O) groups is 4. The maximum atomic E-state index is 14.1. The van der Waals surface area contributed by atoms with Crippen LogP contribution in [0.5, 0.6) is 0 Å². The minimum Gasteiger partial charge on any atom is -0.459 e. The van der Waals surface area contributed by atoms with Gasteiger partial charge < -0.3 is 78.7 Å². The van der Waals surface area contributed by atoms with Crippen LogP contribution in [0.1, 0.15) is 149 Å². The van der Waals surface area contributed by atoms with Gasteiger partial charge in [0.05, 0.1) is 71.9 Å². The highest BCUT2D eigenvalue weighted by Gasteiger charge is 2.55. The fourth-order valence-electron chi connectivity index (χ4n) is 13.7. The fourth-order valence-corrected chi connectivity index (χ4v) is 13.7. The van der Waals surface area contributed by atoms with Crippen molar-refractivity contribution in [2.75, 3.05) is 41.4 Å². The van der Waals surface area contributed by atoms with Crippen LogP contribution in [-0.4, -0.2) is 236 Å². The molecule has 4 fully saturated rings. The maximum Gasteiger partial charge on any atom is 0.311 e. The fraction of sp³-hybridized carbons (Fsp3) is 0.933. The average Bonchev–Trinajstić information content (AvgIpc) is 3.62. The van der Waals surface area contributed by atoms with Crippen LogP contribution in [-0.2, 0) is 57.1 Å². The van der Waals surface area contributed by atoms with E-state index >= 15 is 0 Å². The van der Waals surface area contributed by atoms with E-state index in [1.54, 1.807) is 55.4 Å². The average molecular weight is 1180 g/mol. The highest BCUT2D eigenvalue weighted by Crippen LogP contribution is 2.42. The van der Waals surface area contributed by atoms with Gasteiger partial charge >= 0.3 is 11.9 Å². The van der Waals surface area contributed by atoms with Crippen LogP contribution in [0.2, 0.25) is 0 Å². The lowest BCUT2D eigenvalue weighted by atomic mass is 9.74. The van der Waals surface area contributed by atoms with Crippen LogP contribution in [0, 0.1) is 47.3 Å². The summed E-state index contributed by atoms with van der Waals surface area (Å²) in [6.07, 6.45) is -15.7. The van der Waals surface area contributed by atoms with Crippen molar-refractivity contribution in [2.45, 2.75) is 270 Å². The second kappa shape index (κ2) is 29.1. The Morgan fingerprint density at radius 2 is 0.817 bits per heavy atom. The summed E-state index contributed by atoms with van der Waals surface area (Å²) in [4.78, 5) is 59.6. The van der Waals surface area contributed by atoms with Crippen LogP contribution >= 0.6 is 0 Å². The highest BCUT2D eigenvalue weighted by molar-refractivity contribution is 5.84. The highest BCUT2D eigenvalue weighted by atomic mass is 16.7. The summed E-state index contributed by atoms with van der Waals surface area (Å²) in [6.45, 7) is 26.6. The van der Waals surface area contributed by atoms with Crippen LogP contribution in [0.15, 0.2) is 0 Å². The Balaban J connectivity index is 1.60. The van der Waals surface area contributed by atoms with Gasteiger partial charge in [0, 0.05) is 74.9 Å². The van der Waals surface area contributed by atoms with E-state index < -0.39 is 180 Å². The molecule has 8 N–H and O–H groups in total. The van der Waals surface area contributed by atoms with Gasteiger partial charge in [0.25, 0.3) is 0 Å². The number of likely N-dealkylation sites (N-methyl/N-ethyl adjacent to an activating group) is 2. The molecule has 4 aliphatic rings. The first-order valence-corrected chi connectivity index (χ1v) is 30.0. The number of ketones is 2. The summed E-state index contributed by atoms with van der Waals surface area (Å²) in [5, 5.41) is 94.4. The van der Waals surface area contributed by atoms with Gasteiger partial charge in [-0.1, -0.05) is 55.4 Å². The Morgan fingerprint density at radius 1 is 0.512 bits per heavy atom. The number of methoxy groups -OCH3 is 2. The van der Waals surface area contributed by atoms with Gasteiger partial charge in [0.1, 0.15) is 47.2 Å². The molecule has 0 aliphatic carbocycles. The summed E-state index contributed by atoms with van der Waals surface area (Å²) in [6, 6.07) is -1.09. The van der Waals surface area contributed by atoms with Crippen molar-refractivity contribution < 1.29 is 97.9 Å². The molecule has 82 heavy (non-hydrogen) atoms. The van der Waals surface area contributed by atoms with Gasteiger partial charge in [-0.25, -0.2) is 0 Å². The molecule has 0 aromatic heterocycles. The molecule has 0 bridgehead atoms. The zero-order chi connectivity index (χ0) is 62.6. The molecule has 22 heteroatoms. The van der Waals surface area contributed by atoms with E-state index in [0.717, 1.165) is 0 Å². The minimum absolute atomic E-state index is 0.0232. The molecule has 0 aromatic rings. The lowest BCUT2D eigenvalue weighted by Crippen LogP contribution is -2.61. The monoisotopic (exact) mass is 1180 g/mol. The molecule has 0 radical (unpaired) electrons. The predicted molar refractivity (Wildman–Crippen MR) is 302 cm³/mol. The summed E-state index contributed by atoms with van der Waals surface area (Å²) in [7, 11) is 6.60. The smallest absolute Gasteiger partial charge is 0.311 e. The SMILES string of the molecule is CC[C@H]1OC(=O)[C@H](C)[C@@H](O)[C@H](C)[C@@H](O[C@@H]2O[C@H](C)C[C@H](N(C)CCN(C)[C@H]3C[C@@H](C)O[C@@H](O[C@@H]4[C@@H](C)[C@H](O)[C@@H](C)C(=O)O[C@H](CC)[C@@](C)(O)[C@H](O)[C@@H](C)C(=O)[C@H](C)C[C@@]4(C)OC)[C@@H]3O)[C@H]2O)[C@](C)(OC)C[C@@H](C)C(=O)[C@H](C)[C@@H](O)[C@]1(C)O. The van der Waals surface area contributed by atoms with E-state index in [9.17, 15) is 60.0 Å². The van der Waals surface area contributed by atoms with E-state index in [-0.39, 0.29) is 37.2 Å². The van der Waals surface area contributed by atoms with Crippen molar-refractivity contribution in [2.24, 2.45) is 47.3 Å². The van der Waals surface area contributed by atoms with Crippen molar-refractivity contribution in [3.8, 4) is 0 Å². The maximum absolute atomic E-state index is 14.1. The molecule has 0 spiro atoms. The Kier molecular flexibility index (Phi) is 25.6. The lowest BCUT2D eigenvalue weighted by molar-refractivity contribution is -0.303. The molecule has 0 unspecified atom stereocenters. The molecule has 4 heterocycles. The van der Waals surface area contributed by atoms with E-state index in [4.69, 9.17) is 37.9 Å². The van der Waals surface area contributed by atoms with Crippen LogP contribution < -0.4 is 0 Å². The first kappa shape index (κ1) is 72.1. The number of rotatable bonds is 13. The minimum atomic E-state index is -2.00. The van der Waals surface area contributed by atoms with Crippen molar-refractivity contribution in [3.05, 3.63) is 0 Å². The Labute approximate surface area is 488 Å². The van der Waals surface area contributed by atoms with Gasteiger partial charge in [-0.3, -0.25) is 29.0 Å². The predicted octanol–water partition coefficient (Wildman–Crippen LogP) is 2.78. The molecule has 4 aliphatic heterocycles. The summed E-state index contributed by atoms with van der Waals surface area (Å²) in [5.74, 6) is -10.3. The number of hydrogen-bond acceptors (Lipinski definition) is 22. The van der Waals surface area contributed by atoms with Gasteiger partial charge in [-0.2, -0.15) is 0 Å². The Morgan fingerprint density at radius 3 is 1.10 bits per heavy atom. The topological polar surface area (TPSA) is 310 Å². The lowest BCUT2D eigenvalue weighted by Gasteiger charge is -2.49. The molecule has 4 saturated heterocycles. The van der Waals surface area contributed by atoms with Crippen LogP contribution in [0.25, 0.3) is 0 Å². The summed E-state index contributed by atoms with van der Waals surface area (Å²) in [5.41, 5.74) is -6.72. The molecule has 478 valence electrons. The number of esters is 2. The number of ether oxygens (including phenoxy) is 8. The molecule has 4 rings (SSSR count). The molecule has 0 saturated carbocycles. The van der Waals surface area contributed by atoms with Crippen molar-refractivity contribution in [1.82, 2.24) is 9.80 Å². The number of aliphatic hydroxyl groups is 8. The molecular formula is C60H108N2O20. The second-order valence-corrected chi connectivity index (χ2v) is 26.2. The third-order valence-corrected chi connectivity index (χ3v) is 19.7. The van der Waals surface area contributed by atoms with E-state index in [1.807, 2.05) is 37.7 Å². The van der Waals surface area contributed by atoms with E-state index in [2.05, 4.69) is 0 Å². The summed E-state index contributed by atoms with van der Waals surface area (Å²) >= 11 is 0. The van der Waals surface area contributed by atoms with Crippen molar-refractivity contribution >= 4 is 23.5 Å². The van der Waals surface area contributed by atoms with Crippen LogP contribution in [0.3, 0.4) is 0 Å². The second-order valence-electron chi connectivity index (χ2n) is 26.2. The zero-order valence-electron chi connectivity index (χ0n) is 52.9. The van der Waals surface area contributed by atoms with Crippen LogP contribution in [0.4, 0.5) is 0 Å². The number of aliphatic hydroxyl groups excluding tert-OH is 6. The molecule has 0 amide bonds. The third-order valence-electron chi connectivity index (χ3n) is 19.7. The van der Waals surface area contributed by atoms with E-state index in [0.29, 0.717) is 25.9 Å². The normalized spacial score (nSPS) is 47.8. The van der Waals surface area contributed by atoms with Gasteiger partial charge in [0.2, 0.25) is 0 Å². The first-order chi connectivity index (χ1) is 37.8. The van der Waals surface area contributed by atoms with Gasteiger partial charge in [-0.15, -0.1) is 0 Å². The number of Topliss-reactive ketones (excluding diaryl/α,β-unsaturated/α-hetero) is 2. The summed E-state index contributed by atoms with van der Waals surface area (Å²) < 4.78 is 50.2. The van der Waals surface area contributed by atoms with E-state index in [1.165, 1.54) is 55.8 Å². The van der Waals surface area contributed by atoms with Crippen molar-refractivity contribution in [3.63, 3.8) is 0 Å². The standard InChI is InChI=1S/C60H108N2O20/c1-21-41-59(15,73)49(69)33(7)43(63)29(3)27-57(13,75-19)51(35(9)45(65)37(11)53(71)79-41)81-55-47(67)39(25-31(5)77-55)61(17)23-24-62(18)40-26-32(6)78-56(48(40)68)82-52-36(10)46(66)38(12)54(72)80-42(22-2)60(16,74)50(70)34(8)44(64)30(4)28-58(52,14)76-20/h29-42,45-52,55-56,65-70,73-74H,21-28H2,1-20H3/t29-,30-,31-,32-,33+,34+,35+,36+,37-,38-,39+,40+,41-,42-,45+,46+,47-,48-,49-,50-,51-,52-,55+,56+,57-,58-,59-,60-/m1/s1.